The molecule has 4 aliphatic carbocycles. The number of methoxy groups -OCH3 is 2. The number of amides is 2. The highest BCUT2D eigenvalue weighted by Crippen LogP contribution is 2.56. The summed E-state index contributed by atoms with van der Waals surface area (Å²) in [5.74, 6) is -7.41. The van der Waals surface area contributed by atoms with Crippen LogP contribution in [0.2, 0.25) is 0 Å². The molecule has 2 aliphatic heterocycles. The monoisotopic (exact) mass is 1050 g/mol. The molecule has 4 saturated carbocycles. The number of hydrogen-bond donors (Lipinski definition) is 1. The molecule has 404 valence electrons. The molecule has 0 saturated heterocycles. The van der Waals surface area contributed by atoms with E-state index < -0.39 is 64.0 Å². The van der Waals surface area contributed by atoms with Gasteiger partial charge in [0.1, 0.15) is 22.7 Å². The normalized spacial score (nSPS) is 24.5. The smallest absolute Gasteiger partial charge is 0.337 e. The fourth-order valence-corrected chi connectivity index (χ4v) is 12.4. The maximum Gasteiger partial charge on any atom is 0.337 e. The Morgan fingerprint density at radius 3 is 1.25 bits per heavy atom. The number of aromatic carboxylic acids is 1. The van der Waals surface area contributed by atoms with Gasteiger partial charge in [0, 0.05) is 11.1 Å². The van der Waals surface area contributed by atoms with E-state index >= 15 is 0 Å². The molecule has 0 aromatic heterocycles. The van der Waals surface area contributed by atoms with Crippen LogP contribution in [0.25, 0.3) is 0 Å². The molecule has 6 aliphatic rings. The lowest BCUT2D eigenvalue weighted by atomic mass is 9.69. The van der Waals surface area contributed by atoms with Crippen LogP contribution in [0.15, 0.2) is 82.8 Å². The minimum atomic E-state index is -1.57. The standard InChI is InChI=1S/C30H33F3N2O3.C30H34F2N2O4/c1-29(2,3)21-11-13-30(14-12-21)34-25(20-15-22(31)24(33)23(32)16-20)27(36)35(30)26(17-5-6-17)18-7-9-19(10-8-18)28(37)38-4;1-29(2,3)21-11-13-30(14-12-21)33-24(20-15-22(31)26(38-4)23(32)16-20)27(35)34(30)25(17-5-6-17)18-7-9-19(10-8-18)28(36)37/h7-10,15-17,21,26H,5-6,11-14H2,1-4H3;7-10,15-17,21,25H,5-6,11-14H2,1-4H3,(H,36,37)/t21?,26-,30?;21?,25-,30?/m11/s1. The Hall–Kier alpha value is -6.45. The van der Waals surface area contributed by atoms with Crippen molar-refractivity contribution < 1.29 is 55.7 Å². The molecule has 2 atom stereocenters. The second kappa shape index (κ2) is 20.5. The van der Waals surface area contributed by atoms with Gasteiger partial charge in [0.15, 0.2) is 34.8 Å². The van der Waals surface area contributed by atoms with Gasteiger partial charge in [-0.25, -0.2) is 31.5 Å². The molecule has 16 heteroatoms. The Morgan fingerprint density at radius 1 is 0.579 bits per heavy atom. The molecule has 2 spiro atoms. The number of halogens is 5. The molecular weight excluding hydrogens is 984 g/mol. The van der Waals surface area contributed by atoms with E-state index in [1.807, 2.05) is 21.9 Å². The van der Waals surface area contributed by atoms with Crippen LogP contribution in [0, 0.1) is 63.6 Å². The van der Waals surface area contributed by atoms with Crippen LogP contribution < -0.4 is 4.74 Å². The van der Waals surface area contributed by atoms with Gasteiger partial charge in [0.25, 0.3) is 11.8 Å². The summed E-state index contributed by atoms with van der Waals surface area (Å²) in [5, 5.41) is 9.37. The zero-order valence-corrected chi connectivity index (χ0v) is 44.5. The quantitative estimate of drug-likeness (QED) is 0.0897. The van der Waals surface area contributed by atoms with Gasteiger partial charge in [-0.3, -0.25) is 19.6 Å². The number of carboxylic acids is 1. The number of ether oxygens (including phenoxy) is 2. The van der Waals surface area contributed by atoms with Gasteiger partial charge in [0.2, 0.25) is 0 Å². The second-order valence-corrected chi connectivity index (χ2v) is 23.8. The molecule has 2 amide bonds. The Labute approximate surface area is 441 Å². The lowest BCUT2D eigenvalue weighted by molar-refractivity contribution is -0.135. The van der Waals surface area contributed by atoms with Gasteiger partial charge in [-0.05, 0) is 171 Å². The van der Waals surface area contributed by atoms with Gasteiger partial charge >= 0.3 is 11.9 Å². The first-order valence-electron chi connectivity index (χ1n) is 26.5. The van der Waals surface area contributed by atoms with Crippen LogP contribution in [0.3, 0.4) is 0 Å². The van der Waals surface area contributed by atoms with E-state index in [-0.39, 0.29) is 68.8 Å². The molecule has 1 N–H and O–H groups in total. The zero-order chi connectivity index (χ0) is 54.8. The lowest BCUT2D eigenvalue weighted by Gasteiger charge is -2.47. The topological polar surface area (TPSA) is 138 Å². The summed E-state index contributed by atoms with van der Waals surface area (Å²) in [6.07, 6.45) is 9.78. The number of carboxylic acid groups (broad SMARTS) is 1. The van der Waals surface area contributed by atoms with Gasteiger partial charge in [0.05, 0.1) is 37.4 Å². The summed E-state index contributed by atoms with van der Waals surface area (Å²) >= 11 is 0. The van der Waals surface area contributed by atoms with Gasteiger partial charge in [-0.1, -0.05) is 65.8 Å². The molecule has 11 nitrogen and oxygen atoms in total. The second-order valence-electron chi connectivity index (χ2n) is 23.8. The molecule has 10 rings (SSSR count). The average Bonchev–Trinajstić information content (AvgIpc) is 4.35. The fraction of sp³-hybridized carbons (Fsp3) is 0.500. The Bertz CT molecular complexity index is 2930. The first kappa shape index (κ1) is 54.3. The SMILES string of the molecule is COC(=O)c1ccc([C@@H](C2CC2)N2C(=O)C(c3cc(F)c(F)c(F)c3)=NC23CCC(C(C)(C)C)CC3)cc1.COc1c(F)cc(C2=NC3(CCC(C(C)(C)C)CC3)N([C@@H](c3ccc(C(=O)O)cc3)C3CC3)C2=O)cc1F. The number of aliphatic imine (C=N–C) groups is 2. The van der Waals surface area contributed by atoms with Crippen molar-refractivity contribution in [3.63, 3.8) is 0 Å². The summed E-state index contributed by atoms with van der Waals surface area (Å²) in [6, 6.07) is 17.1. The first-order valence-corrected chi connectivity index (χ1v) is 26.5. The lowest BCUT2D eigenvalue weighted by Crippen LogP contribution is -2.52. The van der Waals surface area contributed by atoms with E-state index in [1.54, 1.807) is 36.4 Å². The van der Waals surface area contributed by atoms with E-state index in [4.69, 9.17) is 19.5 Å². The van der Waals surface area contributed by atoms with Crippen LogP contribution in [0.5, 0.6) is 5.75 Å². The molecule has 4 aromatic rings. The molecule has 2 heterocycles. The summed E-state index contributed by atoms with van der Waals surface area (Å²) in [5.41, 5.74) is 0.932. The molecule has 0 bridgehead atoms. The van der Waals surface area contributed by atoms with Crippen molar-refractivity contribution >= 4 is 35.2 Å². The summed E-state index contributed by atoms with van der Waals surface area (Å²) in [7, 11) is 2.52. The van der Waals surface area contributed by atoms with E-state index in [9.17, 15) is 46.2 Å². The van der Waals surface area contributed by atoms with Crippen LogP contribution in [0.4, 0.5) is 22.0 Å². The zero-order valence-electron chi connectivity index (χ0n) is 44.5. The van der Waals surface area contributed by atoms with Crippen molar-refractivity contribution in [2.75, 3.05) is 14.2 Å². The Morgan fingerprint density at radius 2 is 0.934 bits per heavy atom. The van der Waals surface area contributed by atoms with Gasteiger partial charge in [-0.2, -0.15) is 0 Å². The van der Waals surface area contributed by atoms with Crippen molar-refractivity contribution in [3.8, 4) is 5.75 Å². The third-order valence-corrected chi connectivity index (χ3v) is 17.0. The maximum absolute atomic E-state index is 14.7. The predicted molar refractivity (Wildman–Crippen MR) is 276 cm³/mol. The van der Waals surface area contributed by atoms with E-state index in [0.29, 0.717) is 43.1 Å². The highest BCUT2D eigenvalue weighted by atomic mass is 19.2. The van der Waals surface area contributed by atoms with E-state index in [1.165, 1.54) is 14.2 Å². The first-order chi connectivity index (χ1) is 35.9. The van der Waals surface area contributed by atoms with Crippen molar-refractivity contribution in [2.24, 2.45) is 44.5 Å². The number of hydrogen-bond acceptors (Lipinski definition) is 8. The average molecular weight is 1050 g/mol. The van der Waals surface area contributed by atoms with Gasteiger partial charge in [-0.15, -0.1) is 0 Å². The van der Waals surface area contributed by atoms with Crippen molar-refractivity contribution in [1.82, 2.24) is 9.80 Å². The van der Waals surface area contributed by atoms with Crippen molar-refractivity contribution in [3.05, 3.63) is 135 Å². The largest absolute Gasteiger partial charge is 0.491 e. The summed E-state index contributed by atoms with van der Waals surface area (Å²) in [6.45, 7) is 13.3. The highest BCUT2D eigenvalue weighted by Gasteiger charge is 2.57. The molecule has 4 aromatic carbocycles. The highest BCUT2D eigenvalue weighted by molar-refractivity contribution is 6.47. The van der Waals surface area contributed by atoms with E-state index in [0.717, 1.165) is 86.8 Å². The van der Waals surface area contributed by atoms with Crippen LogP contribution in [-0.4, -0.2) is 75.6 Å². The minimum absolute atomic E-state index is 0.0335. The fourth-order valence-electron chi connectivity index (χ4n) is 12.4. The third kappa shape index (κ3) is 10.4. The van der Waals surface area contributed by atoms with E-state index in [2.05, 4.69) is 41.5 Å². The Balaban J connectivity index is 0.000000186. The maximum atomic E-state index is 14.7. The number of nitrogens with zero attached hydrogens (tertiary/aromatic N) is 4. The number of benzene rings is 4. The number of carbonyl (C=O) groups is 4. The van der Waals surface area contributed by atoms with Crippen molar-refractivity contribution in [2.45, 2.75) is 142 Å². The molecule has 0 radical (unpaired) electrons. The summed E-state index contributed by atoms with van der Waals surface area (Å²) < 4.78 is 81.1. The number of carbonyl (C=O) groups excluding carboxylic acids is 3. The third-order valence-electron chi connectivity index (χ3n) is 17.0. The number of esters is 1. The molecule has 0 unspecified atom stereocenters. The van der Waals surface area contributed by atoms with Crippen LogP contribution in [-0.2, 0) is 14.3 Å². The van der Waals surface area contributed by atoms with Gasteiger partial charge < -0.3 is 24.4 Å². The summed E-state index contributed by atoms with van der Waals surface area (Å²) in [4.78, 5) is 65.3. The van der Waals surface area contributed by atoms with Crippen molar-refractivity contribution in [1.29, 1.82) is 0 Å². The Kier molecular flexibility index (Phi) is 14.7. The van der Waals surface area contributed by atoms with Crippen LogP contribution in [0.1, 0.15) is 174 Å². The molecule has 76 heavy (non-hydrogen) atoms. The van der Waals surface area contributed by atoms with Crippen LogP contribution >= 0.6 is 0 Å². The molecule has 4 fully saturated rings. The minimum Gasteiger partial charge on any atom is -0.491 e. The molecular formula is C60H67F5N4O7. The predicted octanol–water partition coefficient (Wildman–Crippen LogP) is 13.0. The number of rotatable bonds is 11.